The average Bonchev–Trinajstić information content (AvgIpc) is 2.76. The molecule has 1 aromatic heterocycles. The maximum Gasteiger partial charge on any atom is 0.263 e. The molecule has 20 heavy (non-hydrogen) atoms. The lowest BCUT2D eigenvalue weighted by atomic mass is 10.1. The third kappa shape index (κ3) is 2.95. The first kappa shape index (κ1) is 14.8. The van der Waals surface area contributed by atoms with E-state index in [0.717, 1.165) is 0 Å². The van der Waals surface area contributed by atoms with E-state index >= 15 is 0 Å². The van der Waals surface area contributed by atoms with E-state index in [1.54, 1.807) is 32.3 Å². The van der Waals surface area contributed by atoms with Crippen LogP contribution in [0.3, 0.4) is 0 Å². The average molecular weight is 315 g/mol. The first-order chi connectivity index (χ1) is 9.33. The van der Waals surface area contributed by atoms with Crippen LogP contribution in [0.15, 0.2) is 29.3 Å². The maximum absolute atomic E-state index is 12.4. The number of aromatic nitrogens is 2. The summed E-state index contributed by atoms with van der Waals surface area (Å²) in [6.07, 6.45) is 1.65. The van der Waals surface area contributed by atoms with Crippen molar-refractivity contribution >= 4 is 27.4 Å². The predicted molar refractivity (Wildman–Crippen MR) is 78.1 cm³/mol. The first-order valence-electron chi connectivity index (χ1n) is 5.85. The number of halogens is 1. The van der Waals surface area contributed by atoms with Crippen LogP contribution in [0.1, 0.15) is 11.1 Å². The van der Waals surface area contributed by atoms with Crippen LogP contribution in [0, 0.1) is 6.92 Å². The SMILES string of the molecule is Cc1c(CN)cc(Cl)cc1S(=O)(=O)Nc1ccn(C)n1. The molecule has 3 N–H and O–H groups in total. The Labute approximate surface area is 122 Å². The highest BCUT2D eigenvalue weighted by molar-refractivity contribution is 7.92. The Bertz CT molecular complexity index is 740. The Morgan fingerprint density at radius 2 is 2.15 bits per heavy atom. The van der Waals surface area contributed by atoms with Crippen LogP contribution >= 0.6 is 11.6 Å². The molecule has 8 heteroatoms. The molecule has 108 valence electrons. The van der Waals surface area contributed by atoms with Gasteiger partial charge in [-0.25, -0.2) is 8.42 Å². The molecule has 0 saturated heterocycles. The summed E-state index contributed by atoms with van der Waals surface area (Å²) in [5.41, 5.74) is 6.88. The lowest BCUT2D eigenvalue weighted by Gasteiger charge is -2.12. The van der Waals surface area contributed by atoms with E-state index < -0.39 is 10.0 Å². The van der Waals surface area contributed by atoms with Crippen molar-refractivity contribution in [1.29, 1.82) is 0 Å². The molecule has 2 rings (SSSR count). The number of anilines is 1. The Morgan fingerprint density at radius 1 is 1.45 bits per heavy atom. The van der Waals surface area contributed by atoms with E-state index in [4.69, 9.17) is 17.3 Å². The number of benzene rings is 1. The van der Waals surface area contributed by atoms with Gasteiger partial charge < -0.3 is 5.73 Å². The lowest BCUT2D eigenvalue weighted by molar-refractivity contribution is 0.600. The molecular weight excluding hydrogens is 300 g/mol. The number of nitrogens with one attached hydrogen (secondary N) is 1. The molecule has 0 aliphatic rings. The van der Waals surface area contributed by atoms with Gasteiger partial charge in [-0.1, -0.05) is 11.6 Å². The van der Waals surface area contributed by atoms with Gasteiger partial charge in [0.25, 0.3) is 10.0 Å². The normalized spacial score (nSPS) is 11.6. The predicted octanol–water partition coefficient (Wildman–Crippen LogP) is 1.64. The second-order valence-corrected chi connectivity index (χ2v) is 6.46. The van der Waals surface area contributed by atoms with Crippen molar-refractivity contribution in [3.8, 4) is 0 Å². The molecule has 0 radical (unpaired) electrons. The number of nitrogens with two attached hydrogens (primary N) is 1. The second-order valence-electron chi connectivity index (χ2n) is 4.37. The number of hydrogen-bond acceptors (Lipinski definition) is 4. The number of hydrogen-bond donors (Lipinski definition) is 2. The minimum Gasteiger partial charge on any atom is -0.326 e. The van der Waals surface area contributed by atoms with Gasteiger partial charge in [0.15, 0.2) is 5.82 Å². The Balaban J connectivity index is 2.46. The Hall–Kier alpha value is -1.57. The Morgan fingerprint density at radius 3 is 2.70 bits per heavy atom. The molecular formula is C12H15ClN4O2S. The molecule has 6 nitrogen and oxygen atoms in total. The molecule has 0 aliphatic heterocycles. The summed E-state index contributed by atoms with van der Waals surface area (Å²) in [5, 5.41) is 4.32. The van der Waals surface area contributed by atoms with Crippen LogP contribution in [-0.4, -0.2) is 18.2 Å². The minimum atomic E-state index is -3.75. The fourth-order valence-electron chi connectivity index (χ4n) is 1.86. The monoisotopic (exact) mass is 314 g/mol. The second kappa shape index (κ2) is 5.43. The fraction of sp³-hybridized carbons (Fsp3) is 0.250. The van der Waals surface area contributed by atoms with Gasteiger partial charge in [-0.15, -0.1) is 0 Å². The summed E-state index contributed by atoms with van der Waals surface area (Å²) in [6.45, 7) is 1.92. The zero-order valence-corrected chi connectivity index (χ0v) is 12.7. The molecule has 0 spiro atoms. The van der Waals surface area contributed by atoms with Crippen molar-refractivity contribution in [2.24, 2.45) is 12.8 Å². The maximum atomic E-state index is 12.4. The molecule has 0 unspecified atom stereocenters. The summed E-state index contributed by atoms with van der Waals surface area (Å²) in [5.74, 6) is 0.251. The topological polar surface area (TPSA) is 90.0 Å². The van der Waals surface area contributed by atoms with E-state index in [1.807, 2.05) is 0 Å². The zero-order valence-electron chi connectivity index (χ0n) is 11.1. The number of nitrogens with zero attached hydrogens (tertiary/aromatic N) is 2. The smallest absolute Gasteiger partial charge is 0.263 e. The van der Waals surface area contributed by atoms with E-state index in [2.05, 4.69) is 9.82 Å². The minimum absolute atomic E-state index is 0.108. The van der Waals surface area contributed by atoms with Crippen LogP contribution < -0.4 is 10.5 Å². The highest BCUT2D eigenvalue weighted by atomic mass is 35.5. The molecule has 0 fully saturated rings. The number of rotatable bonds is 4. The number of sulfonamides is 1. The van der Waals surface area contributed by atoms with Crippen LogP contribution in [0.25, 0.3) is 0 Å². The summed E-state index contributed by atoms with van der Waals surface area (Å²) in [7, 11) is -2.05. The van der Waals surface area contributed by atoms with Crippen LogP contribution in [0.2, 0.25) is 5.02 Å². The van der Waals surface area contributed by atoms with E-state index in [0.29, 0.717) is 16.1 Å². The van der Waals surface area contributed by atoms with Crippen LogP contribution in [0.5, 0.6) is 0 Å². The van der Waals surface area contributed by atoms with Gasteiger partial charge in [0.05, 0.1) is 4.90 Å². The van der Waals surface area contributed by atoms with Crippen LogP contribution in [-0.2, 0) is 23.6 Å². The van der Waals surface area contributed by atoms with E-state index in [1.165, 1.54) is 10.7 Å². The largest absolute Gasteiger partial charge is 0.326 e. The van der Waals surface area contributed by atoms with E-state index in [9.17, 15) is 8.42 Å². The molecule has 1 aromatic carbocycles. The molecule has 0 aliphatic carbocycles. The summed E-state index contributed by atoms with van der Waals surface area (Å²) in [4.78, 5) is 0.108. The van der Waals surface area contributed by atoms with Gasteiger partial charge in [-0.2, -0.15) is 5.10 Å². The molecule has 1 heterocycles. The van der Waals surface area contributed by atoms with Crippen molar-refractivity contribution < 1.29 is 8.42 Å². The van der Waals surface area contributed by atoms with Crippen LogP contribution in [0.4, 0.5) is 5.82 Å². The summed E-state index contributed by atoms with van der Waals surface area (Å²) in [6, 6.07) is 4.64. The third-order valence-corrected chi connectivity index (χ3v) is 4.59. The van der Waals surface area contributed by atoms with Crippen molar-refractivity contribution in [2.45, 2.75) is 18.4 Å². The highest BCUT2D eigenvalue weighted by Crippen LogP contribution is 2.25. The molecule has 0 bridgehead atoms. The van der Waals surface area contributed by atoms with E-state index in [-0.39, 0.29) is 17.3 Å². The standard InChI is InChI=1S/C12H15ClN4O2S/c1-8-9(7-14)5-10(13)6-11(8)20(18,19)16-12-3-4-17(2)15-12/h3-6H,7,14H2,1-2H3,(H,15,16). The molecule has 0 amide bonds. The van der Waals surface area contributed by atoms with Crippen molar-refractivity contribution in [3.63, 3.8) is 0 Å². The van der Waals surface area contributed by atoms with Gasteiger partial charge >= 0.3 is 0 Å². The molecule has 2 aromatic rings. The molecule has 0 atom stereocenters. The first-order valence-corrected chi connectivity index (χ1v) is 7.71. The van der Waals surface area contributed by atoms with Gasteiger partial charge in [0.2, 0.25) is 0 Å². The van der Waals surface area contributed by atoms with Gasteiger partial charge in [0.1, 0.15) is 0 Å². The highest BCUT2D eigenvalue weighted by Gasteiger charge is 2.20. The summed E-state index contributed by atoms with van der Waals surface area (Å²) < 4.78 is 28.7. The fourth-order valence-corrected chi connectivity index (χ4v) is 3.48. The zero-order chi connectivity index (χ0) is 14.9. The van der Waals surface area contributed by atoms with Gasteiger partial charge in [0, 0.05) is 30.9 Å². The quantitative estimate of drug-likeness (QED) is 0.897. The number of aryl methyl sites for hydroxylation is 1. The lowest BCUT2D eigenvalue weighted by Crippen LogP contribution is -2.16. The summed E-state index contributed by atoms with van der Waals surface area (Å²) >= 11 is 5.95. The third-order valence-electron chi connectivity index (χ3n) is 2.89. The van der Waals surface area contributed by atoms with Crippen molar-refractivity contribution in [2.75, 3.05) is 4.72 Å². The van der Waals surface area contributed by atoms with Gasteiger partial charge in [-0.3, -0.25) is 9.40 Å². The van der Waals surface area contributed by atoms with Crippen molar-refractivity contribution in [1.82, 2.24) is 9.78 Å². The Kier molecular flexibility index (Phi) is 4.03. The molecule has 0 saturated carbocycles. The van der Waals surface area contributed by atoms with Gasteiger partial charge in [-0.05, 0) is 30.2 Å². The van der Waals surface area contributed by atoms with Crippen molar-refractivity contribution in [3.05, 3.63) is 40.5 Å².